The molecule has 5 nitrogen and oxygen atoms in total. The van der Waals surface area contributed by atoms with Gasteiger partial charge in [0.2, 0.25) is 5.91 Å². The van der Waals surface area contributed by atoms with Gasteiger partial charge in [0, 0.05) is 23.1 Å². The molecule has 0 aliphatic heterocycles. The van der Waals surface area contributed by atoms with Gasteiger partial charge in [0.15, 0.2) is 5.13 Å². The van der Waals surface area contributed by atoms with Crippen LogP contribution in [0.5, 0.6) is 5.75 Å². The number of hydrogen-bond donors (Lipinski definition) is 1. The maximum Gasteiger partial charge on any atom is 0.250 e. The van der Waals surface area contributed by atoms with Crippen LogP contribution in [0.1, 0.15) is 30.7 Å². The van der Waals surface area contributed by atoms with Crippen molar-refractivity contribution in [2.45, 2.75) is 27.7 Å². The molecule has 0 unspecified atom stereocenters. The Hall–Kier alpha value is -3.12. The highest BCUT2D eigenvalue weighted by atomic mass is 32.1. The topological polar surface area (TPSA) is 64.4 Å². The number of benzene rings is 2. The van der Waals surface area contributed by atoms with Gasteiger partial charge in [-0.2, -0.15) is 0 Å². The zero-order chi connectivity index (χ0) is 20.5. The minimum absolute atomic E-state index is 0.218. The van der Waals surface area contributed by atoms with Gasteiger partial charge in [-0.3, -0.25) is 10.1 Å². The molecule has 0 radical (unpaired) electrons. The molecule has 0 aliphatic carbocycles. The SMILES string of the molecule is CCOc1cc2oc(C)c(C)c2cc1/C(C)=C/C(=O)Nc1nc2ccccc2s1. The van der Waals surface area contributed by atoms with Crippen molar-refractivity contribution in [3.8, 4) is 5.75 Å². The Morgan fingerprint density at radius 3 is 2.83 bits per heavy atom. The maximum absolute atomic E-state index is 12.6. The molecule has 0 saturated carbocycles. The van der Waals surface area contributed by atoms with Crippen molar-refractivity contribution >= 4 is 49.1 Å². The summed E-state index contributed by atoms with van der Waals surface area (Å²) in [6.45, 7) is 8.35. The number of carbonyl (C=O) groups excluding carboxylic acids is 1. The molecule has 4 aromatic rings. The van der Waals surface area contributed by atoms with Gasteiger partial charge < -0.3 is 9.15 Å². The number of aryl methyl sites for hydroxylation is 2. The maximum atomic E-state index is 12.6. The lowest BCUT2D eigenvalue weighted by molar-refractivity contribution is -0.111. The molecule has 0 saturated heterocycles. The molecule has 2 heterocycles. The molecule has 6 heteroatoms. The second-order valence-corrected chi connectivity index (χ2v) is 7.89. The summed E-state index contributed by atoms with van der Waals surface area (Å²) in [5.74, 6) is 1.37. The van der Waals surface area contributed by atoms with Crippen LogP contribution in [-0.4, -0.2) is 17.5 Å². The van der Waals surface area contributed by atoms with Crippen LogP contribution in [0.2, 0.25) is 0 Å². The Morgan fingerprint density at radius 1 is 1.28 bits per heavy atom. The first kappa shape index (κ1) is 19.2. The number of nitrogens with zero attached hydrogens (tertiary/aromatic N) is 1. The number of nitrogens with one attached hydrogen (secondary N) is 1. The number of carbonyl (C=O) groups is 1. The van der Waals surface area contributed by atoms with E-state index in [0.29, 0.717) is 17.5 Å². The first-order valence-corrected chi connectivity index (χ1v) is 10.3. The second kappa shape index (κ2) is 7.72. The molecule has 0 atom stereocenters. The number of amides is 1. The number of hydrogen-bond acceptors (Lipinski definition) is 5. The highest BCUT2D eigenvalue weighted by molar-refractivity contribution is 7.22. The molecule has 2 aromatic heterocycles. The van der Waals surface area contributed by atoms with E-state index in [2.05, 4.69) is 10.3 Å². The van der Waals surface area contributed by atoms with Crippen molar-refractivity contribution < 1.29 is 13.9 Å². The number of anilines is 1. The second-order valence-electron chi connectivity index (χ2n) is 6.86. The van der Waals surface area contributed by atoms with Crippen molar-refractivity contribution in [2.75, 3.05) is 11.9 Å². The lowest BCUT2D eigenvalue weighted by atomic mass is 10.0. The van der Waals surface area contributed by atoms with Crippen LogP contribution in [0, 0.1) is 13.8 Å². The largest absolute Gasteiger partial charge is 0.493 e. The summed E-state index contributed by atoms with van der Waals surface area (Å²) >= 11 is 1.46. The normalized spacial score (nSPS) is 11.9. The first-order valence-electron chi connectivity index (χ1n) is 9.48. The monoisotopic (exact) mass is 406 g/mol. The summed E-state index contributed by atoms with van der Waals surface area (Å²) in [5, 5.41) is 4.48. The Bertz CT molecular complexity index is 1220. The van der Waals surface area contributed by atoms with Crippen LogP contribution in [-0.2, 0) is 4.79 Å². The van der Waals surface area contributed by atoms with E-state index in [4.69, 9.17) is 9.15 Å². The average Bonchev–Trinajstić information content (AvgIpc) is 3.21. The van der Waals surface area contributed by atoms with Crippen molar-refractivity contribution in [1.29, 1.82) is 0 Å². The van der Waals surface area contributed by atoms with Gasteiger partial charge in [-0.15, -0.1) is 0 Å². The van der Waals surface area contributed by atoms with Gasteiger partial charge in [0.1, 0.15) is 17.1 Å². The van der Waals surface area contributed by atoms with Crippen molar-refractivity contribution in [2.24, 2.45) is 0 Å². The fraction of sp³-hybridized carbons (Fsp3) is 0.217. The molecule has 0 fully saturated rings. The van der Waals surface area contributed by atoms with Crippen LogP contribution in [0.25, 0.3) is 26.8 Å². The fourth-order valence-corrected chi connectivity index (χ4v) is 4.16. The number of rotatable bonds is 5. The smallest absolute Gasteiger partial charge is 0.250 e. The average molecular weight is 407 g/mol. The third kappa shape index (κ3) is 3.76. The van der Waals surface area contributed by atoms with Gasteiger partial charge in [-0.25, -0.2) is 4.98 Å². The molecule has 0 bridgehead atoms. The lowest BCUT2D eigenvalue weighted by Gasteiger charge is -2.11. The predicted molar refractivity (Wildman–Crippen MR) is 119 cm³/mol. The Labute approximate surface area is 173 Å². The number of ether oxygens (including phenoxy) is 1. The summed E-state index contributed by atoms with van der Waals surface area (Å²) < 4.78 is 12.7. The molecular formula is C23H22N2O3S. The van der Waals surface area contributed by atoms with Crippen molar-refractivity contribution in [1.82, 2.24) is 4.98 Å². The molecule has 148 valence electrons. The molecule has 0 aliphatic rings. The van der Waals surface area contributed by atoms with Crippen molar-refractivity contribution in [3.63, 3.8) is 0 Å². The minimum Gasteiger partial charge on any atom is -0.493 e. The molecule has 2 aromatic carbocycles. The van der Waals surface area contributed by atoms with E-state index in [1.165, 1.54) is 11.3 Å². The van der Waals surface area contributed by atoms with Gasteiger partial charge in [-0.05, 0) is 57.0 Å². The number of fused-ring (bicyclic) bond motifs is 2. The summed E-state index contributed by atoms with van der Waals surface area (Å²) in [6, 6.07) is 11.7. The molecule has 29 heavy (non-hydrogen) atoms. The van der Waals surface area contributed by atoms with E-state index in [1.54, 1.807) is 6.08 Å². The van der Waals surface area contributed by atoms with E-state index in [9.17, 15) is 4.79 Å². The molecule has 1 amide bonds. The number of thiazole rings is 1. The molecule has 4 rings (SSSR count). The highest BCUT2D eigenvalue weighted by Crippen LogP contribution is 2.35. The van der Waals surface area contributed by atoms with Gasteiger partial charge in [0.25, 0.3) is 0 Å². The summed E-state index contributed by atoms with van der Waals surface area (Å²) in [6.07, 6.45) is 1.58. The number of aromatic nitrogens is 1. The summed E-state index contributed by atoms with van der Waals surface area (Å²) in [5.41, 5.74) is 4.45. The molecule has 1 N–H and O–H groups in total. The number of furan rings is 1. The predicted octanol–water partition coefficient (Wildman–Crippen LogP) is 6.10. The quantitative estimate of drug-likeness (QED) is 0.407. The first-order chi connectivity index (χ1) is 14.0. The van der Waals surface area contributed by atoms with E-state index in [0.717, 1.165) is 43.6 Å². The Balaban J connectivity index is 1.66. The van der Waals surface area contributed by atoms with Gasteiger partial charge in [0.05, 0.1) is 16.8 Å². The fourth-order valence-electron chi connectivity index (χ4n) is 3.29. The number of para-hydroxylation sites is 1. The summed E-state index contributed by atoms with van der Waals surface area (Å²) in [7, 11) is 0. The standard InChI is InChI=1S/C23H22N2O3S/c1-5-27-19-12-20-17(14(3)15(4)28-20)11-16(19)13(2)10-22(26)25-23-24-18-8-6-7-9-21(18)29-23/h6-12H,5H2,1-4H3,(H,24,25,26)/b13-10+. The zero-order valence-electron chi connectivity index (χ0n) is 16.8. The van der Waals surface area contributed by atoms with Crippen LogP contribution in [0.4, 0.5) is 5.13 Å². The highest BCUT2D eigenvalue weighted by Gasteiger charge is 2.15. The van der Waals surface area contributed by atoms with Gasteiger partial charge >= 0.3 is 0 Å². The third-order valence-corrected chi connectivity index (χ3v) is 5.83. The van der Waals surface area contributed by atoms with Crippen molar-refractivity contribution in [3.05, 3.63) is 59.4 Å². The zero-order valence-corrected chi connectivity index (χ0v) is 17.6. The number of allylic oxidation sites excluding steroid dienone is 1. The van der Waals surface area contributed by atoms with E-state index in [1.807, 2.05) is 64.1 Å². The van der Waals surface area contributed by atoms with Crippen LogP contribution >= 0.6 is 11.3 Å². The molecular weight excluding hydrogens is 384 g/mol. The molecule has 0 spiro atoms. The van der Waals surface area contributed by atoms with E-state index < -0.39 is 0 Å². The van der Waals surface area contributed by atoms with Crippen LogP contribution < -0.4 is 10.1 Å². The van der Waals surface area contributed by atoms with Crippen LogP contribution in [0.15, 0.2) is 46.9 Å². The Kier molecular flexibility index (Phi) is 5.11. The van der Waals surface area contributed by atoms with Crippen LogP contribution in [0.3, 0.4) is 0 Å². The van der Waals surface area contributed by atoms with E-state index in [-0.39, 0.29) is 5.91 Å². The minimum atomic E-state index is -0.218. The summed E-state index contributed by atoms with van der Waals surface area (Å²) in [4.78, 5) is 17.1. The third-order valence-electron chi connectivity index (χ3n) is 4.87. The van der Waals surface area contributed by atoms with Gasteiger partial charge in [-0.1, -0.05) is 23.5 Å². The Morgan fingerprint density at radius 2 is 2.07 bits per heavy atom. The van der Waals surface area contributed by atoms with E-state index >= 15 is 0 Å². The lowest BCUT2D eigenvalue weighted by Crippen LogP contribution is -2.08.